The third-order valence-corrected chi connectivity index (χ3v) is 3.07. The van der Waals surface area contributed by atoms with Gasteiger partial charge in [0, 0.05) is 31.9 Å². The minimum atomic E-state index is 0.151. The van der Waals surface area contributed by atoms with Crippen LogP contribution in [0.2, 0.25) is 0 Å². The zero-order chi connectivity index (χ0) is 12.7. The predicted octanol–water partition coefficient (Wildman–Crippen LogP) is 2.57. The molecule has 96 valence electrons. The number of ether oxygens (including phenoxy) is 1. The molecule has 0 aliphatic heterocycles. The summed E-state index contributed by atoms with van der Waals surface area (Å²) in [6.45, 7) is 6.93. The molecule has 1 aromatic rings. The molecule has 1 aromatic carbocycles. The van der Waals surface area contributed by atoms with Crippen molar-refractivity contribution in [2.45, 2.75) is 26.3 Å². The normalized spacial score (nSPS) is 12.5. The molecule has 2 N–H and O–H groups in total. The number of rotatable bonds is 7. The Morgan fingerprint density at radius 3 is 2.35 bits per heavy atom. The zero-order valence-electron chi connectivity index (χ0n) is 11.1. The predicted molar refractivity (Wildman–Crippen MR) is 73.4 cm³/mol. The van der Waals surface area contributed by atoms with E-state index in [1.54, 1.807) is 7.11 Å². The lowest BCUT2D eigenvalue weighted by atomic mass is 10.1. The lowest BCUT2D eigenvalue weighted by molar-refractivity contribution is 0.205. The van der Waals surface area contributed by atoms with Crippen LogP contribution in [-0.2, 0) is 4.74 Å². The van der Waals surface area contributed by atoms with Gasteiger partial charge in [-0.25, -0.2) is 0 Å². The van der Waals surface area contributed by atoms with Gasteiger partial charge in [-0.05, 0) is 31.0 Å². The molecule has 0 saturated heterocycles. The number of likely N-dealkylation sites (N-methyl/N-ethyl adjacent to an activating group) is 1. The first kappa shape index (κ1) is 14.0. The average Bonchev–Trinajstić information content (AvgIpc) is 2.39. The molecular formula is C14H24N2O. The molecule has 0 aliphatic carbocycles. The molecule has 1 rings (SSSR count). The van der Waals surface area contributed by atoms with E-state index in [4.69, 9.17) is 10.5 Å². The highest BCUT2D eigenvalue weighted by atomic mass is 16.5. The van der Waals surface area contributed by atoms with Crippen LogP contribution in [0, 0.1) is 0 Å². The molecule has 0 heterocycles. The van der Waals surface area contributed by atoms with Gasteiger partial charge in [-0.15, -0.1) is 0 Å². The zero-order valence-corrected chi connectivity index (χ0v) is 11.1. The fourth-order valence-corrected chi connectivity index (χ4v) is 1.84. The monoisotopic (exact) mass is 236 g/mol. The number of nitrogens with zero attached hydrogens (tertiary/aromatic N) is 1. The number of hydrogen-bond acceptors (Lipinski definition) is 3. The lowest BCUT2D eigenvalue weighted by Gasteiger charge is -2.23. The van der Waals surface area contributed by atoms with Gasteiger partial charge in [-0.1, -0.05) is 19.1 Å². The summed E-state index contributed by atoms with van der Waals surface area (Å²) in [6, 6.07) is 8.68. The first-order valence-electron chi connectivity index (χ1n) is 6.32. The number of nitrogens with two attached hydrogens (primary N) is 1. The van der Waals surface area contributed by atoms with Crippen molar-refractivity contribution in [1.82, 2.24) is 0 Å². The van der Waals surface area contributed by atoms with Crippen molar-refractivity contribution in [2.24, 2.45) is 5.73 Å². The standard InChI is InChI=1S/C14H24N2O/c1-4-14(15)12-6-8-13(9-7-12)16(5-2)10-11-17-3/h6-9,14H,4-5,10-11,15H2,1-3H3/t14-/m0/s1. The van der Waals surface area contributed by atoms with E-state index < -0.39 is 0 Å². The fourth-order valence-electron chi connectivity index (χ4n) is 1.84. The van der Waals surface area contributed by atoms with Crippen LogP contribution in [0.1, 0.15) is 31.9 Å². The van der Waals surface area contributed by atoms with Gasteiger partial charge in [0.2, 0.25) is 0 Å². The molecule has 0 spiro atoms. The summed E-state index contributed by atoms with van der Waals surface area (Å²) in [7, 11) is 1.73. The molecule has 0 fully saturated rings. The van der Waals surface area contributed by atoms with Crippen LogP contribution >= 0.6 is 0 Å². The van der Waals surface area contributed by atoms with E-state index in [-0.39, 0.29) is 6.04 Å². The summed E-state index contributed by atoms with van der Waals surface area (Å²) >= 11 is 0. The van der Waals surface area contributed by atoms with Gasteiger partial charge in [0.25, 0.3) is 0 Å². The summed E-state index contributed by atoms with van der Waals surface area (Å²) in [6.07, 6.45) is 0.973. The Morgan fingerprint density at radius 1 is 1.24 bits per heavy atom. The van der Waals surface area contributed by atoms with Crippen LogP contribution in [0.5, 0.6) is 0 Å². The van der Waals surface area contributed by atoms with Crippen molar-refractivity contribution in [1.29, 1.82) is 0 Å². The first-order chi connectivity index (χ1) is 8.22. The Balaban J connectivity index is 2.70. The third kappa shape index (κ3) is 4.02. The van der Waals surface area contributed by atoms with Crippen LogP contribution in [-0.4, -0.2) is 26.8 Å². The van der Waals surface area contributed by atoms with Gasteiger partial charge < -0.3 is 15.4 Å². The molecule has 17 heavy (non-hydrogen) atoms. The van der Waals surface area contributed by atoms with E-state index in [9.17, 15) is 0 Å². The molecule has 0 aromatic heterocycles. The topological polar surface area (TPSA) is 38.5 Å². The van der Waals surface area contributed by atoms with Crippen LogP contribution in [0.3, 0.4) is 0 Å². The highest BCUT2D eigenvalue weighted by molar-refractivity contribution is 5.47. The highest BCUT2D eigenvalue weighted by Gasteiger charge is 2.06. The van der Waals surface area contributed by atoms with Gasteiger partial charge in [-0.3, -0.25) is 0 Å². The average molecular weight is 236 g/mol. The van der Waals surface area contributed by atoms with E-state index in [1.165, 1.54) is 11.3 Å². The molecule has 1 atom stereocenters. The molecule has 0 aliphatic rings. The van der Waals surface area contributed by atoms with E-state index in [0.29, 0.717) is 0 Å². The van der Waals surface area contributed by atoms with Gasteiger partial charge >= 0.3 is 0 Å². The maximum atomic E-state index is 6.00. The molecule has 0 bridgehead atoms. The molecule has 3 heteroatoms. The van der Waals surface area contributed by atoms with Crippen molar-refractivity contribution >= 4 is 5.69 Å². The summed E-state index contributed by atoms with van der Waals surface area (Å²) in [5, 5.41) is 0. The van der Waals surface area contributed by atoms with E-state index in [2.05, 4.69) is 43.0 Å². The molecule has 0 saturated carbocycles. The van der Waals surface area contributed by atoms with Crippen LogP contribution in [0.25, 0.3) is 0 Å². The van der Waals surface area contributed by atoms with Gasteiger partial charge in [0.1, 0.15) is 0 Å². The maximum absolute atomic E-state index is 6.00. The van der Waals surface area contributed by atoms with Crippen LogP contribution in [0.15, 0.2) is 24.3 Å². The Hall–Kier alpha value is -1.06. The second-order valence-electron chi connectivity index (χ2n) is 4.18. The first-order valence-corrected chi connectivity index (χ1v) is 6.32. The molecule has 3 nitrogen and oxygen atoms in total. The molecule has 0 radical (unpaired) electrons. The smallest absolute Gasteiger partial charge is 0.0637 e. The Morgan fingerprint density at radius 2 is 1.88 bits per heavy atom. The number of benzene rings is 1. The van der Waals surface area contributed by atoms with Crippen molar-refractivity contribution in [3.05, 3.63) is 29.8 Å². The van der Waals surface area contributed by atoms with E-state index in [1.807, 2.05) is 0 Å². The second kappa shape index (κ2) is 7.30. The van der Waals surface area contributed by atoms with Crippen LogP contribution < -0.4 is 10.6 Å². The number of hydrogen-bond donors (Lipinski definition) is 1. The summed E-state index contributed by atoms with van der Waals surface area (Å²) in [5.74, 6) is 0. The van der Waals surface area contributed by atoms with Crippen molar-refractivity contribution in [2.75, 3.05) is 31.7 Å². The number of anilines is 1. The largest absolute Gasteiger partial charge is 0.383 e. The van der Waals surface area contributed by atoms with Gasteiger partial charge in [0.05, 0.1) is 6.61 Å². The third-order valence-electron chi connectivity index (χ3n) is 3.07. The second-order valence-corrected chi connectivity index (χ2v) is 4.18. The van der Waals surface area contributed by atoms with Crippen LogP contribution in [0.4, 0.5) is 5.69 Å². The molecular weight excluding hydrogens is 212 g/mol. The van der Waals surface area contributed by atoms with Gasteiger partial charge in [-0.2, -0.15) is 0 Å². The Kier molecular flexibility index (Phi) is 6.01. The Labute approximate surface area is 105 Å². The molecule has 0 unspecified atom stereocenters. The van der Waals surface area contributed by atoms with Crippen molar-refractivity contribution in [3.8, 4) is 0 Å². The Bertz CT molecular complexity index is 311. The van der Waals surface area contributed by atoms with Crippen molar-refractivity contribution < 1.29 is 4.74 Å². The summed E-state index contributed by atoms with van der Waals surface area (Å²) < 4.78 is 5.11. The summed E-state index contributed by atoms with van der Waals surface area (Å²) in [5.41, 5.74) is 8.44. The fraction of sp³-hybridized carbons (Fsp3) is 0.571. The van der Waals surface area contributed by atoms with E-state index in [0.717, 1.165) is 26.1 Å². The lowest BCUT2D eigenvalue weighted by Crippen LogP contribution is -2.26. The van der Waals surface area contributed by atoms with E-state index >= 15 is 0 Å². The number of methoxy groups -OCH3 is 1. The highest BCUT2D eigenvalue weighted by Crippen LogP contribution is 2.19. The minimum Gasteiger partial charge on any atom is -0.383 e. The quantitative estimate of drug-likeness (QED) is 0.790. The van der Waals surface area contributed by atoms with Gasteiger partial charge in [0.15, 0.2) is 0 Å². The minimum absolute atomic E-state index is 0.151. The maximum Gasteiger partial charge on any atom is 0.0637 e. The summed E-state index contributed by atoms with van der Waals surface area (Å²) in [4.78, 5) is 2.30. The SMILES string of the molecule is CC[C@H](N)c1ccc(N(CC)CCOC)cc1. The molecule has 0 amide bonds. The van der Waals surface area contributed by atoms with Crippen molar-refractivity contribution in [3.63, 3.8) is 0 Å².